The minimum absolute atomic E-state index is 0.150. The normalized spacial score (nSPS) is 19.9. The maximum atomic E-state index is 13.1. The topological polar surface area (TPSA) is 37.6 Å². The van der Waals surface area contributed by atoms with Crippen molar-refractivity contribution in [3.8, 4) is 11.3 Å². The molecule has 1 saturated heterocycles. The standard InChI is InChI=1S/C24H25N3OS/c1-15-4-6-18(7-5-15)20-14-27-21-9-8-19(11-22(21)29-24(27)25-20)23(28)26-12-16(2)10-17(3)13-26/h4-9,11,14,16-17H,10,12-13H2,1-3H3/t16-,17+. The molecule has 1 fully saturated rings. The maximum absolute atomic E-state index is 13.1. The molecule has 0 spiro atoms. The molecular formula is C24H25N3OS. The van der Waals surface area contributed by atoms with Crippen molar-refractivity contribution in [1.82, 2.24) is 14.3 Å². The number of rotatable bonds is 2. The van der Waals surface area contributed by atoms with Crippen molar-refractivity contribution in [3.05, 3.63) is 59.8 Å². The van der Waals surface area contributed by atoms with E-state index in [-0.39, 0.29) is 5.91 Å². The zero-order valence-corrected chi connectivity index (χ0v) is 17.9. The van der Waals surface area contributed by atoms with Gasteiger partial charge in [-0.25, -0.2) is 4.98 Å². The molecule has 29 heavy (non-hydrogen) atoms. The van der Waals surface area contributed by atoms with E-state index in [9.17, 15) is 4.79 Å². The van der Waals surface area contributed by atoms with Crippen LogP contribution >= 0.6 is 11.3 Å². The highest BCUT2D eigenvalue weighted by atomic mass is 32.1. The Morgan fingerprint density at radius 1 is 1.07 bits per heavy atom. The van der Waals surface area contributed by atoms with Gasteiger partial charge in [0.05, 0.1) is 15.9 Å². The first kappa shape index (κ1) is 18.4. The number of amides is 1. The number of aromatic nitrogens is 2. The monoisotopic (exact) mass is 403 g/mol. The maximum Gasteiger partial charge on any atom is 0.253 e. The number of thiazole rings is 1. The van der Waals surface area contributed by atoms with Crippen LogP contribution in [-0.4, -0.2) is 33.3 Å². The van der Waals surface area contributed by atoms with Crippen molar-refractivity contribution in [2.24, 2.45) is 11.8 Å². The predicted molar refractivity (Wildman–Crippen MR) is 120 cm³/mol. The van der Waals surface area contributed by atoms with Crippen LogP contribution in [0, 0.1) is 18.8 Å². The highest BCUT2D eigenvalue weighted by molar-refractivity contribution is 7.23. The number of aryl methyl sites for hydroxylation is 1. The van der Waals surface area contributed by atoms with E-state index in [1.807, 2.05) is 17.0 Å². The number of benzene rings is 2. The number of nitrogens with zero attached hydrogens (tertiary/aromatic N) is 3. The summed E-state index contributed by atoms with van der Waals surface area (Å²) in [5, 5.41) is 0. The Balaban J connectivity index is 1.48. The second kappa shape index (κ2) is 6.99. The number of fused-ring (bicyclic) bond motifs is 3. The number of imidazole rings is 1. The van der Waals surface area contributed by atoms with Crippen LogP contribution in [0.4, 0.5) is 0 Å². The van der Waals surface area contributed by atoms with E-state index in [0.717, 1.165) is 45.1 Å². The highest BCUT2D eigenvalue weighted by Crippen LogP contribution is 2.31. The summed E-state index contributed by atoms with van der Waals surface area (Å²) in [6.07, 6.45) is 3.29. The van der Waals surface area contributed by atoms with E-state index >= 15 is 0 Å². The average Bonchev–Trinajstić information content (AvgIpc) is 3.24. The highest BCUT2D eigenvalue weighted by Gasteiger charge is 2.26. The van der Waals surface area contributed by atoms with E-state index in [1.54, 1.807) is 11.3 Å². The van der Waals surface area contributed by atoms with Crippen LogP contribution in [0.25, 0.3) is 26.4 Å². The van der Waals surface area contributed by atoms with Gasteiger partial charge in [-0.3, -0.25) is 9.20 Å². The Morgan fingerprint density at radius 2 is 1.79 bits per heavy atom. The zero-order chi connectivity index (χ0) is 20.1. The summed E-state index contributed by atoms with van der Waals surface area (Å²) < 4.78 is 3.24. The van der Waals surface area contributed by atoms with Crippen molar-refractivity contribution in [1.29, 1.82) is 0 Å². The van der Waals surface area contributed by atoms with E-state index < -0.39 is 0 Å². The fraction of sp³-hybridized carbons (Fsp3) is 0.333. The summed E-state index contributed by atoms with van der Waals surface area (Å²) in [6, 6.07) is 14.5. The molecule has 0 bridgehead atoms. The van der Waals surface area contributed by atoms with Crippen LogP contribution in [0.2, 0.25) is 0 Å². The molecule has 0 unspecified atom stereocenters. The molecule has 2 aromatic heterocycles. The Labute approximate surface area is 174 Å². The third-order valence-corrected chi connectivity index (χ3v) is 6.86. The van der Waals surface area contributed by atoms with Gasteiger partial charge in [-0.05, 0) is 43.4 Å². The Bertz CT molecular complexity index is 1190. The summed E-state index contributed by atoms with van der Waals surface area (Å²) in [4.78, 5) is 20.9. The van der Waals surface area contributed by atoms with E-state index in [0.29, 0.717) is 11.8 Å². The first-order valence-corrected chi connectivity index (χ1v) is 11.1. The minimum atomic E-state index is 0.150. The molecule has 4 aromatic rings. The molecule has 0 aliphatic carbocycles. The molecule has 0 N–H and O–H groups in total. The van der Waals surface area contributed by atoms with Gasteiger partial charge in [-0.2, -0.15) is 0 Å². The first-order valence-electron chi connectivity index (χ1n) is 10.3. The van der Waals surface area contributed by atoms with Gasteiger partial charge in [0, 0.05) is 30.4 Å². The number of hydrogen-bond acceptors (Lipinski definition) is 3. The van der Waals surface area contributed by atoms with Crippen molar-refractivity contribution in [2.75, 3.05) is 13.1 Å². The van der Waals surface area contributed by atoms with Crippen molar-refractivity contribution < 1.29 is 4.79 Å². The lowest BCUT2D eigenvalue weighted by atomic mass is 9.91. The smallest absolute Gasteiger partial charge is 0.253 e. The fourth-order valence-corrected chi connectivity index (χ4v) is 5.56. The zero-order valence-electron chi connectivity index (χ0n) is 17.1. The molecule has 5 heteroatoms. The first-order chi connectivity index (χ1) is 14.0. The van der Waals surface area contributed by atoms with Gasteiger partial charge in [0.15, 0.2) is 4.96 Å². The van der Waals surface area contributed by atoms with Crippen molar-refractivity contribution >= 4 is 32.4 Å². The molecule has 0 saturated carbocycles. The quantitative estimate of drug-likeness (QED) is 0.434. The summed E-state index contributed by atoms with van der Waals surface area (Å²) in [6.45, 7) is 8.27. The second-order valence-corrected chi connectivity index (χ2v) is 9.59. The predicted octanol–water partition coefficient (Wildman–Crippen LogP) is 5.64. The van der Waals surface area contributed by atoms with Crippen LogP contribution in [0.1, 0.15) is 36.2 Å². The van der Waals surface area contributed by atoms with E-state index in [4.69, 9.17) is 4.98 Å². The molecule has 4 nitrogen and oxygen atoms in total. The molecule has 2 atom stereocenters. The molecule has 148 valence electrons. The third-order valence-electron chi connectivity index (χ3n) is 5.84. The van der Waals surface area contributed by atoms with Crippen LogP contribution in [0.5, 0.6) is 0 Å². The number of likely N-dealkylation sites (tertiary alicyclic amines) is 1. The van der Waals surface area contributed by atoms with Gasteiger partial charge in [-0.1, -0.05) is 55.0 Å². The van der Waals surface area contributed by atoms with Crippen molar-refractivity contribution in [3.63, 3.8) is 0 Å². The Morgan fingerprint density at radius 3 is 2.52 bits per heavy atom. The largest absolute Gasteiger partial charge is 0.338 e. The molecule has 3 heterocycles. The molecule has 1 aliphatic heterocycles. The molecular weight excluding hydrogens is 378 g/mol. The SMILES string of the molecule is Cc1ccc(-c2cn3c(n2)sc2cc(C(=O)N4C[C@H](C)C[C@H](C)C4)ccc23)cc1. The summed E-state index contributed by atoms with van der Waals surface area (Å²) >= 11 is 1.64. The van der Waals surface area contributed by atoms with Crippen LogP contribution in [-0.2, 0) is 0 Å². The number of piperidine rings is 1. The molecule has 2 aromatic carbocycles. The lowest BCUT2D eigenvalue weighted by Gasteiger charge is -2.35. The Kier molecular flexibility index (Phi) is 4.43. The lowest BCUT2D eigenvalue weighted by Crippen LogP contribution is -2.42. The molecule has 1 amide bonds. The van der Waals surface area contributed by atoms with Gasteiger partial charge in [-0.15, -0.1) is 0 Å². The molecule has 0 radical (unpaired) electrons. The second-order valence-electron chi connectivity index (χ2n) is 8.59. The Hall–Kier alpha value is -2.66. The van der Waals surface area contributed by atoms with E-state index in [1.165, 1.54) is 12.0 Å². The van der Waals surface area contributed by atoms with Gasteiger partial charge in [0.1, 0.15) is 0 Å². The summed E-state index contributed by atoms with van der Waals surface area (Å²) in [7, 11) is 0. The fourth-order valence-electron chi connectivity index (χ4n) is 4.51. The summed E-state index contributed by atoms with van der Waals surface area (Å²) in [5.41, 5.74) is 5.24. The molecule has 1 aliphatic rings. The third kappa shape index (κ3) is 3.33. The molecule has 5 rings (SSSR count). The lowest BCUT2D eigenvalue weighted by molar-refractivity contribution is 0.0623. The van der Waals surface area contributed by atoms with E-state index in [2.05, 4.69) is 61.7 Å². The van der Waals surface area contributed by atoms with Gasteiger partial charge < -0.3 is 4.90 Å². The minimum Gasteiger partial charge on any atom is -0.338 e. The average molecular weight is 404 g/mol. The van der Waals surface area contributed by atoms with Gasteiger partial charge in [0.2, 0.25) is 0 Å². The van der Waals surface area contributed by atoms with Crippen LogP contribution in [0.3, 0.4) is 0 Å². The number of carbonyl (C=O) groups excluding carboxylic acids is 1. The van der Waals surface area contributed by atoms with Crippen molar-refractivity contribution in [2.45, 2.75) is 27.2 Å². The summed E-state index contributed by atoms with van der Waals surface area (Å²) in [5.74, 6) is 1.28. The number of carbonyl (C=O) groups is 1. The van der Waals surface area contributed by atoms with Gasteiger partial charge in [0.25, 0.3) is 5.91 Å². The van der Waals surface area contributed by atoms with Gasteiger partial charge >= 0.3 is 0 Å². The number of hydrogen-bond donors (Lipinski definition) is 0. The van der Waals surface area contributed by atoms with Crippen LogP contribution < -0.4 is 0 Å². The van der Waals surface area contributed by atoms with Crippen LogP contribution in [0.15, 0.2) is 48.7 Å².